The van der Waals surface area contributed by atoms with Crippen molar-refractivity contribution in [3.8, 4) is 5.75 Å². The largest absolute Gasteiger partial charge is 0.484 e. The topological polar surface area (TPSA) is 71.5 Å². The summed E-state index contributed by atoms with van der Waals surface area (Å²) in [6, 6.07) is 16.6. The molecule has 0 saturated carbocycles. The van der Waals surface area contributed by atoms with Gasteiger partial charge in [0.2, 0.25) is 0 Å². The molecule has 0 bridgehead atoms. The highest BCUT2D eigenvalue weighted by Gasteiger charge is 2.26. The summed E-state index contributed by atoms with van der Waals surface area (Å²) in [7, 11) is 0. The fraction of sp³-hybridized carbons (Fsp3) is 0.174. The summed E-state index contributed by atoms with van der Waals surface area (Å²) >= 11 is 0. The first-order chi connectivity index (χ1) is 14.1. The van der Waals surface area contributed by atoms with Crippen LogP contribution in [0.15, 0.2) is 67.0 Å². The van der Waals surface area contributed by atoms with Gasteiger partial charge in [-0.1, -0.05) is 23.8 Å². The van der Waals surface area contributed by atoms with Crippen molar-refractivity contribution in [3.63, 3.8) is 0 Å². The molecule has 0 radical (unpaired) electrons. The van der Waals surface area contributed by atoms with Gasteiger partial charge in [0.15, 0.2) is 6.61 Å². The molecule has 2 aromatic carbocycles. The van der Waals surface area contributed by atoms with Crippen molar-refractivity contribution in [1.29, 1.82) is 0 Å². The van der Waals surface area contributed by atoms with Gasteiger partial charge in [0, 0.05) is 35.9 Å². The van der Waals surface area contributed by atoms with E-state index in [4.69, 9.17) is 4.74 Å². The molecule has 0 unspecified atom stereocenters. The number of aryl methyl sites for hydroxylation is 1. The molecule has 29 heavy (non-hydrogen) atoms. The number of hydrogen-bond donors (Lipinski definition) is 1. The second-order valence-corrected chi connectivity index (χ2v) is 6.94. The molecule has 6 nitrogen and oxygen atoms in total. The molecule has 1 N–H and O–H groups in total. The third kappa shape index (κ3) is 4.27. The minimum absolute atomic E-state index is 0.0719. The van der Waals surface area contributed by atoms with Crippen LogP contribution in [0.5, 0.6) is 5.75 Å². The Morgan fingerprint density at radius 3 is 2.59 bits per heavy atom. The number of ether oxygens (including phenoxy) is 1. The van der Waals surface area contributed by atoms with Crippen LogP contribution < -0.4 is 15.0 Å². The van der Waals surface area contributed by atoms with Crippen LogP contribution in [0.2, 0.25) is 0 Å². The zero-order chi connectivity index (χ0) is 20.2. The average Bonchev–Trinajstić information content (AvgIpc) is 3.16. The van der Waals surface area contributed by atoms with Crippen LogP contribution in [0.3, 0.4) is 0 Å². The predicted octanol–water partition coefficient (Wildman–Crippen LogP) is 3.61. The number of benzene rings is 2. The summed E-state index contributed by atoms with van der Waals surface area (Å²) in [5, 5.41) is 2.84. The van der Waals surface area contributed by atoms with E-state index in [1.807, 2.05) is 49.4 Å². The molecule has 0 spiro atoms. The number of pyridine rings is 1. The van der Waals surface area contributed by atoms with Crippen molar-refractivity contribution in [1.82, 2.24) is 4.98 Å². The fourth-order valence-corrected chi connectivity index (χ4v) is 3.30. The molecule has 0 aliphatic carbocycles. The van der Waals surface area contributed by atoms with E-state index in [-0.39, 0.29) is 18.4 Å². The number of aromatic nitrogens is 1. The van der Waals surface area contributed by atoms with Crippen molar-refractivity contribution in [2.24, 2.45) is 0 Å². The Hall–Kier alpha value is -3.67. The van der Waals surface area contributed by atoms with Gasteiger partial charge in [0.1, 0.15) is 5.75 Å². The zero-order valence-corrected chi connectivity index (χ0v) is 16.1. The van der Waals surface area contributed by atoms with Gasteiger partial charge >= 0.3 is 0 Å². The lowest BCUT2D eigenvalue weighted by atomic mass is 10.1. The van der Waals surface area contributed by atoms with Crippen LogP contribution >= 0.6 is 0 Å². The van der Waals surface area contributed by atoms with Gasteiger partial charge < -0.3 is 15.0 Å². The lowest BCUT2D eigenvalue weighted by molar-refractivity contribution is -0.118. The van der Waals surface area contributed by atoms with Crippen LogP contribution in [0.25, 0.3) is 0 Å². The Kier molecular flexibility index (Phi) is 5.24. The molecule has 146 valence electrons. The van der Waals surface area contributed by atoms with Crippen LogP contribution in [0, 0.1) is 6.92 Å². The number of hydrogen-bond acceptors (Lipinski definition) is 4. The highest BCUT2D eigenvalue weighted by Crippen LogP contribution is 2.32. The van der Waals surface area contributed by atoms with Crippen LogP contribution in [0.4, 0.5) is 11.4 Å². The first-order valence-corrected chi connectivity index (χ1v) is 9.44. The summed E-state index contributed by atoms with van der Waals surface area (Å²) in [5.74, 6) is 0.321. The van der Waals surface area contributed by atoms with Gasteiger partial charge in [-0.2, -0.15) is 0 Å². The van der Waals surface area contributed by atoms with E-state index in [9.17, 15) is 9.59 Å². The van der Waals surface area contributed by atoms with E-state index >= 15 is 0 Å². The Morgan fingerprint density at radius 1 is 1.07 bits per heavy atom. The number of fused-ring (bicyclic) bond motifs is 1. The lowest BCUT2D eigenvalue weighted by Gasteiger charge is -2.18. The number of carbonyl (C=O) groups excluding carboxylic acids is 2. The highest BCUT2D eigenvalue weighted by molar-refractivity contribution is 6.07. The molecule has 1 aliphatic rings. The van der Waals surface area contributed by atoms with Gasteiger partial charge in [0.05, 0.1) is 0 Å². The van der Waals surface area contributed by atoms with Crippen molar-refractivity contribution in [2.45, 2.75) is 13.3 Å². The number of nitrogens with zero attached hydrogens (tertiary/aromatic N) is 2. The molecule has 2 amide bonds. The van der Waals surface area contributed by atoms with Gasteiger partial charge in [0.25, 0.3) is 11.8 Å². The van der Waals surface area contributed by atoms with Gasteiger partial charge in [-0.25, -0.2) is 0 Å². The molecule has 1 aromatic heterocycles. The number of rotatable bonds is 5. The maximum Gasteiger partial charge on any atom is 0.262 e. The van der Waals surface area contributed by atoms with Crippen molar-refractivity contribution in [3.05, 3.63) is 83.7 Å². The maximum absolute atomic E-state index is 12.8. The first kappa shape index (κ1) is 18.7. The first-order valence-electron chi connectivity index (χ1n) is 9.44. The predicted molar refractivity (Wildman–Crippen MR) is 111 cm³/mol. The lowest BCUT2D eigenvalue weighted by Crippen LogP contribution is -2.29. The third-order valence-electron chi connectivity index (χ3n) is 4.83. The summed E-state index contributed by atoms with van der Waals surface area (Å²) in [5.41, 5.74) is 4.26. The highest BCUT2D eigenvalue weighted by atomic mass is 16.5. The minimum atomic E-state index is -0.254. The smallest absolute Gasteiger partial charge is 0.262 e. The van der Waals surface area contributed by atoms with Gasteiger partial charge in [-0.15, -0.1) is 0 Å². The zero-order valence-electron chi connectivity index (χ0n) is 16.1. The maximum atomic E-state index is 12.8. The van der Waals surface area contributed by atoms with E-state index in [0.717, 1.165) is 23.2 Å². The quantitative estimate of drug-likeness (QED) is 0.726. The Balaban J connectivity index is 1.43. The normalized spacial score (nSPS) is 12.4. The second-order valence-electron chi connectivity index (χ2n) is 6.94. The summed E-state index contributed by atoms with van der Waals surface area (Å²) in [4.78, 5) is 30.8. The van der Waals surface area contributed by atoms with E-state index in [1.54, 1.807) is 29.4 Å². The second kappa shape index (κ2) is 8.14. The van der Waals surface area contributed by atoms with Crippen LogP contribution in [0.1, 0.15) is 21.5 Å². The van der Waals surface area contributed by atoms with E-state index in [1.165, 1.54) is 0 Å². The summed E-state index contributed by atoms with van der Waals surface area (Å²) in [6.07, 6.45) is 4.00. The standard InChI is InChI=1S/C23H21N3O3/c1-16-2-6-20(7-3-16)29-15-22(27)25-19-5-4-17-10-13-26(21(17)14-19)23(28)18-8-11-24-12-9-18/h2-9,11-12,14H,10,13,15H2,1H3,(H,25,27). The number of anilines is 2. The Labute approximate surface area is 169 Å². The Morgan fingerprint density at radius 2 is 1.83 bits per heavy atom. The molecule has 0 atom stereocenters. The molecule has 3 aromatic rings. The third-order valence-corrected chi connectivity index (χ3v) is 4.83. The van der Waals surface area contributed by atoms with Crippen molar-refractivity contribution >= 4 is 23.2 Å². The molecule has 2 heterocycles. The van der Waals surface area contributed by atoms with Gasteiger partial charge in [-0.05, 0) is 55.3 Å². The monoisotopic (exact) mass is 387 g/mol. The van der Waals surface area contributed by atoms with Crippen LogP contribution in [-0.4, -0.2) is 29.9 Å². The van der Waals surface area contributed by atoms with E-state index in [2.05, 4.69) is 10.3 Å². The number of nitrogens with one attached hydrogen (secondary N) is 1. The molecule has 1 aliphatic heterocycles. The molecule has 6 heteroatoms. The number of amides is 2. The molecule has 0 saturated heterocycles. The van der Waals surface area contributed by atoms with E-state index in [0.29, 0.717) is 23.5 Å². The number of carbonyl (C=O) groups is 2. The minimum Gasteiger partial charge on any atom is -0.484 e. The average molecular weight is 387 g/mol. The molecular formula is C23H21N3O3. The summed E-state index contributed by atoms with van der Waals surface area (Å²) in [6.45, 7) is 2.53. The van der Waals surface area contributed by atoms with E-state index < -0.39 is 0 Å². The Bertz CT molecular complexity index is 1030. The molecule has 0 fully saturated rings. The fourth-order valence-electron chi connectivity index (χ4n) is 3.30. The van der Waals surface area contributed by atoms with Gasteiger partial charge in [-0.3, -0.25) is 14.6 Å². The molecule has 4 rings (SSSR count). The van der Waals surface area contributed by atoms with Crippen LogP contribution in [-0.2, 0) is 11.2 Å². The SMILES string of the molecule is Cc1ccc(OCC(=O)Nc2ccc3c(c2)N(C(=O)c2ccncc2)CC3)cc1. The summed E-state index contributed by atoms with van der Waals surface area (Å²) < 4.78 is 5.52. The van der Waals surface area contributed by atoms with Crippen molar-refractivity contribution in [2.75, 3.05) is 23.4 Å². The molecular weight excluding hydrogens is 366 g/mol. The van der Waals surface area contributed by atoms with Crippen molar-refractivity contribution < 1.29 is 14.3 Å².